The predicted octanol–water partition coefficient (Wildman–Crippen LogP) is 8.48. The third-order valence-electron chi connectivity index (χ3n) is 7.64. The number of hydrogen-bond donors (Lipinski definition) is 0. The number of ether oxygens (including phenoxy) is 1. The minimum absolute atomic E-state index is 0.0764. The predicted molar refractivity (Wildman–Crippen MR) is 132 cm³/mol. The summed E-state index contributed by atoms with van der Waals surface area (Å²) in [4.78, 5) is 15.1. The quantitative estimate of drug-likeness (QED) is 0.312. The second-order valence-electron chi connectivity index (χ2n) is 10.1. The van der Waals surface area contributed by atoms with E-state index in [-0.39, 0.29) is 29.6 Å². The van der Waals surface area contributed by atoms with Crippen LogP contribution in [-0.2, 0) is 0 Å². The lowest BCUT2D eigenvalue weighted by Crippen LogP contribution is -2.27. The molecular weight excluding hydrogens is 499 g/mol. The molecule has 0 N–H and O–H groups in total. The molecule has 0 radical (unpaired) electrons. The highest BCUT2D eigenvalue weighted by molar-refractivity contribution is 8.45. The van der Waals surface area contributed by atoms with E-state index < -0.39 is 26.1 Å². The minimum atomic E-state index is -9.94. The van der Waals surface area contributed by atoms with Crippen molar-refractivity contribution in [2.24, 2.45) is 11.8 Å². The Morgan fingerprint density at radius 1 is 0.861 bits per heavy atom. The first kappa shape index (κ1) is 25.0. The molecule has 0 unspecified atom stereocenters. The summed E-state index contributed by atoms with van der Waals surface area (Å²) >= 11 is 0. The fraction of sp³-hybridized carbons (Fsp3) is 0.462. The van der Waals surface area contributed by atoms with Crippen LogP contribution in [0.25, 0.3) is 16.6 Å². The number of benzene rings is 2. The Morgan fingerprint density at radius 2 is 1.47 bits per heavy atom. The van der Waals surface area contributed by atoms with E-state index in [0.29, 0.717) is 11.4 Å². The van der Waals surface area contributed by atoms with E-state index in [1.807, 2.05) is 0 Å². The molecule has 5 rings (SSSR count). The van der Waals surface area contributed by atoms with E-state index in [1.54, 1.807) is 24.3 Å². The van der Waals surface area contributed by atoms with Gasteiger partial charge in [0.15, 0.2) is 0 Å². The molecule has 0 aliphatic heterocycles. The van der Waals surface area contributed by atoms with E-state index >= 15 is 0 Å². The van der Waals surface area contributed by atoms with Crippen LogP contribution in [-0.4, -0.2) is 15.7 Å². The molecule has 2 fully saturated rings. The number of nitrogens with zero attached hydrogens (tertiary/aromatic N) is 2. The SMILES string of the molecule is Cc1nc2ccc(S(F)(F)(F)(F)F)cc2c(=O)n1-c1ccc(OC2CCC(C3CCCC3)CC2)cc1. The van der Waals surface area contributed by atoms with E-state index in [1.165, 1.54) is 45.4 Å². The number of fused-ring (bicyclic) bond motifs is 1. The van der Waals surface area contributed by atoms with Gasteiger partial charge in [-0.1, -0.05) is 45.1 Å². The van der Waals surface area contributed by atoms with Gasteiger partial charge in [-0.15, -0.1) is 0 Å². The van der Waals surface area contributed by atoms with Crippen LogP contribution >= 0.6 is 10.2 Å². The molecule has 1 heterocycles. The largest absolute Gasteiger partial charge is 0.490 e. The summed E-state index contributed by atoms with van der Waals surface area (Å²) in [5, 5.41) is -0.523. The summed E-state index contributed by atoms with van der Waals surface area (Å²) in [5.41, 5.74) is -0.561. The zero-order valence-electron chi connectivity index (χ0n) is 19.9. The summed E-state index contributed by atoms with van der Waals surface area (Å²) < 4.78 is 73.8. The Balaban J connectivity index is 1.36. The van der Waals surface area contributed by atoms with Gasteiger partial charge in [-0.3, -0.25) is 9.36 Å². The Morgan fingerprint density at radius 3 is 2.08 bits per heavy atom. The normalized spacial score (nSPS) is 23.4. The van der Waals surface area contributed by atoms with Crippen LogP contribution < -0.4 is 10.3 Å². The van der Waals surface area contributed by atoms with Crippen molar-refractivity contribution in [3.8, 4) is 11.4 Å². The Labute approximate surface area is 206 Å². The van der Waals surface area contributed by atoms with Crippen LogP contribution in [0.5, 0.6) is 5.75 Å². The van der Waals surface area contributed by atoms with Crippen LogP contribution in [0.3, 0.4) is 0 Å². The fourth-order valence-corrected chi connectivity index (χ4v) is 6.46. The van der Waals surface area contributed by atoms with Gasteiger partial charge in [0.2, 0.25) is 0 Å². The molecule has 2 aliphatic carbocycles. The summed E-state index contributed by atoms with van der Waals surface area (Å²) in [7, 11) is -9.94. The average molecular weight is 529 g/mol. The topological polar surface area (TPSA) is 44.1 Å². The standard InChI is InChI=1S/C26H29F5N2O2S/c1-17-32-25-15-14-23(36(27,28,29,30)31)16-24(25)26(34)33(17)20-8-12-22(13-9-20)35-21-10-6-19(7-11-21)18-4-2-3-5-18/h8-9,12-16,18-19,21H,2-7,10-11H2,1H3. The second kappa shape index (κ2) is 8.19. The van der Waals surface area contributed by atoms with Crippen molar-refractivity contribution >= 4 is 21.1 Å². The van der Waals surface area contributed by atoms with Crippen molar-refractivity contribution in [1.29, 1.82) is 0 Å². The molecule has 0 atom stereocenters. The molecule has 2 aromatic carbocycles. The smallest absolute Gasteiger partial charge is 0.310 e. The molecule has 0 bridgehead atoms. The second-order valence-corrected chi connectivity index (χ2v) is 12.5. The maximum Gasteiger partial charge on any atom is 0.310 e. The first-order chi connectivity index (χ1) is 16.8. The van der Waals surface area contributed by atoms with Gasteiger partial charge in [0.05, 0.1) is 22.7 Å². The maximum absolute atomic E-state index is 13.3. The third-order valence-corrected chi connectivity index (χ3v) is 8.78. The molecule has 36 heavy (non-hydrogen) atoms. The molecule has 3 aromatic rings. The first-order valence-electron chi connectivity index (χ1n) is 12.3. The van der Waals surface area contributed by atoms with Crippen LogP contribution in [0.1, 0.15) is 57.2 Å². The van der Waals surface area contributed by atoms with Gasteiger partial charge in [-0.25, -0.2) is 4.98 Å². The highest BCUT2D eigenvalue weighted by Gasteiger charge is 2.65. The lowest BCUT2D eigenvalue weighted by molar-refractivity contribution is 0.111. The van der Waals surface area contributed by atoms with Gasteiger partial charge in [0.1, 0.15) is 16.5 Å². The third kappa shape index (κ3) is 5.10. The van der Waals surface area contributed by atoms with Crippen molar-refractivity contribution in [3.63, 3.8) is 0 Å². The highest BCUT2D eigenvalue weighted by atomic mass is 32.5. The van der Waals surface area contributed by atoms with Gasteiger partial charge in [-0.05, 0) is 86.9 Å². The van der Waals surface area contributed by atoms with E-state index in [9.17, 15) is 24.2 Å². The van der Waals surface area contributed by atoms with Crippen LogP contribution in [0.4, 0.5) is 19.4 Å². The van der Waals surface area contributed by atoms with Crippen LogP contribution in [0.15, 0.2) is 52.2 Å². The lowest BCUT2D eigenvalue weighted by Gasteiger charge is -2.40. The van der Waals surface area contributed by atoms with Crippen molar-refractivity contribution in [2.75, 3.05) is 0 Å². The van der Waals surface area contributed by atoms with Gasteiger partial charge in [0, 0.05) is 0 Å². The highest BCUT2D eigenvalue weighted by Crippen LogP contribution is 3.02. The van der Waals surface area contributed by atoms with Crippen molar-refractivity contribution in [3.05, 3.63) is 58.6 Å². The van der Waals surface area contributed by atoms with Crippen molar-refractivity contribution < 1.29 is 24.2 Å². The van der Waals surface area contributed by atoms with Crippen molar-refractivity contribution in [1.82, 2.24) is 9.55 Å². The molecule has 0 spiro atoms. The molecule has 4 nitrogen and oxygen atoms in total. The number of halogens is 5. The molecule has 0 amide bonds. The van der Waals surface area contributed by atoms with Gasteiger partial charge >= 0.3 is 10.2 Å². The van der Waals surface area contributed by atoms with Gasteiger partial charge in [-0.2, -0.15) is 0 Å². The molecule has 10 heteroatoms. The molecule has 2 aliphatic rings. The molecular formula is C26H29F5N2O2S. The van der Waals surface area contributed by atoms with E-state index in [4.69, 9.17) is 4.74 Å². The zero-order chi connectivity index (χ0) is 25.8. The average Bonchev–Trinajstić information content (AvgIpc) is 3.34. The zero-order valence-corrected chi connectivity index (χ0v) is 20.8. The Hall–Kier alpha value is -2.62. The Kier molecular flexibility index (Phi) is 5.70. The summed E-state index contributed by atoms with van der Waals surface area (Å²) in [5.74, 6) is 2.53. The van der Waals surface area contributed by atoms with Gasteiger partial charge in [0.25, 0.3) is 5.56 Å². The maximum atomic E-state index is 13.3. The number of aromatic nitrogens is 2. The van der Waals surface area contributed by atoms with E-state index in [0.717, 1.165) is 35.3 Å². The van der Waals surface area contributed by atoms with Crippen molar-refractivity contribution in [2.45, 2.75) is 69.3 Å². The number of hydrogen-bond acceptors (Lipinski definition) is 3. The first-order valence-corrected chi connectivity index (χ1v) is 14.3. The lowest BCUT2D eigenvalue weighted by atomic mass is 9.78. The molecule has 2 saturated carbocycles. The van der Waals surface area contributed by atoms with E-state index in [2.05, 4.69) is 4.98 Å². The summed E-state index contributed by atoms with van der Waals surface area (Å²) in [6.07, 6.45) is 9.88. The van der Waals surface area contributed by atoms with Crippen LogP contribution in [0, 0.1) is 18.8 Å². The van der Waals surface area contributed by atoms with Crippen LogP contribution in [0.2, 0.25) is 0 Å². The van der Waals surface area contributed by atoms with Gasteiger partial charge < -0.3 is 4.74 Å². The Bertz CT molecular complexity index is 1340. The summed E-state index contributed by atoms with van der Waals surface area (Å²) in [6, 6.07) is 7.93. The molecule has 0 saturated heterocycles. The molecule has 196 valence electrons. The number of rotatable bonds is 5. The monoisotopic (exact) mass is 528 g/mol. The minimum Gasteiger partial charge on any atom is -0.490 e. The molecule has 1 aromatic heterocycles. The number of aryl methyl sites for hydroxylation is 1. The summed E-state index contributed by atoms with van der Waals surface area (Å²) in [6.45, 7) is 1.53. The fourth-order valence-electron chi connectivity index (χ4n) is 5.79.